The Labute approximate surface area is 126 Å². The van der Waals surface area contributed by atoms with E-state index in [9.17, 15) is 9.90 Å². The highest BCUT2D eigenvalue weighted by atomic mass is 16.5. The molecule has 2 N–H and O–H groups in total. The molecule has 0 aliphatic carbocycles. The van der Waals surface area contributed by atoms with Crippen molar-refractivity contribution in [1.29, 1.82) is 0 Å². The maximum absolute atomic E-state index is 12.0. The summed E-state index contributed by atoms with van der Waals surface area (Å²) in [5.41, 5.74) is -0.0240. The highest BCUT2D eigenvalue weighted by Crippen LogP contribution is 2.16. The SMILES string of the molecule is CCN(CCC(=O)Nc1cccc(OC)c1)CC(C)(C)O. The molecule has 5 nitrogen and oxygen atoms in total. The molecular formula is C16H26N2O3. The molecule has 0 saturated carbocycles. The number of anilines is 1. The van der Waals surface area contributed by atoms with Gasteiger partial charge in [-0.3, -0.25) is 4.79 Å². The first-order chi connectivity index (χ1) is 9.84. The molecule has 0 atom stereocenters. The summed E-state index contributed by atoms with van der Waals surface area (Å²) in [6, 6.07) is 7.28. The molecule has 0 aliphatic rings. The van der Waals surface area contributed by atoms with Gasteiger partial charge in [0.05, 0.1) is 12.7 Å². The molecule has 21 heavy (non-hydrogen) atoms. The number of amides is 1. The number of likely N-dealkylation sites (N-methyl/N-ethyl adjacent to an activating group) is 1. The summed E-state index contributed by atoms with van der Waals surface area (Å²) < 4.78 is 5.12. The van der Waals surface area contributed by atoms with Crippen LogP contribution in [0.1, 0.15) is 27.2 Å². The number of aliphatic hydroxyl groups is 1. The number of benzene rings is 1. The van der Waals surface area contributed by atoms with E-state index >= 15 is 0 Å². The van der Waals surface area contributed by atoms with Crippen LogP contribution in [0.3, 0.4) is 0 Å². The number of nitrogens with zero attached hydrogens (tertiary/aromatic N) is 1. The second-order valence-corrected chi connectivity index (χ2v) is 5.71. The quantitative estimate of drug-likeness (QED) is 0.771. The second-order valence-electron chi connectivity index (χ2n) is 5.71. The fraction of sp³-hybridized carbons (Fsp3) is 0.562. The van der Waals surface area contributed by atoms with E-state index in [4.69, 9.17) is 4.74 Å². The molecule has 0 unspecified atom stereocenters. The minimum absolute atomic E-state index is 0.0440. The fourth-order valence-electron chi connectivity index (χ4n) is 2.08. The summed E-state index contributed by atoms with van der Waals surface area (Å²) in [5, 5.41) is 12.7. The number of carbonyl (C=O) groups excluding carboxylic acids is 1. The van der Waals surface area contributed by atoms with Gasteiger partial charge in [-0.2, -0.15) is 0 Å². The monoisotopic (exact) mass is 294 g/mol. The smallest absolute Gasteiger partial charge is 0.225 e. The summed E-state index contributed by atoms with van der Waals surface area (Å²) in [5.74, 6) is 0.669. The topological polar surface area (TPSA) is 61.8 Å². The van der Waals surface area contributed by atoms with Gasteiger partial charge in [-0.15, -0.1) is 0 Å². The predicted molar refractivity (Wildman–Crippen MR) is 84.7 cm³/mol. The zero-order valence-electron chi connectivity index (χ0n) is 13.3. The number of rotatable bonds is 8. The van der Waals surface area contributed by atoms with Crippen molar-refractivity contribution in [3.05, 3.63) is 24.3 Å². The van der Waals surface area contributed by atoms with Gasteiger partial charge in [-0.05, 0) is 32.5 Å². The molecule has 1 amide bonds. The molecule has 0 saturated heterocycles. The molecule has 1 rings (SSSR count). The van der Waals surface area contributed by atoms with Gasteiger partial charge in [0.25, 0.3) is 0 Å². The average molecular weight is 294 g/mol. The number of ether oxygens (including phenoxy) is 1. The van der Waals surface area contributed by atoms with Crippen LogP contribution in [0.5, 0.6) is 5.75 Å². The lowest BCUT2D eigenvalue weighted by atomic mass is 10.1. The van der Waals surface area contributed by atoms with Crippen molar-refractivity contribution >= 4 is 11.6 Å². The predicted octanol–water partition coefficient (Wildman–Crippen LogP) is 2.12. The maximum atomic E-state index is 12.0. The summed E-state index contributed by atoms with van der Waals surface area (Å²) >= 11 is 0. The van der Waals surface area contributed by atoms with Crippen molar-refractivity contribution in [2.45, 2.75) is 32.8 Å². The molecule has 5 heteroatoms. The lowest BCUT2D eigenvalue weighted by Crippen LogP contribution is -2.39. The lowest BCUT2D eigenvalue weighted by molar-refractivity contribution is -0.116. The van der Waals surface area contributed by atoms with Crippen LogP contribution in [0.4, 0.5) is 5.69 Å². The molecule has 0 heterocycles. The van der Waals surface area contributed by atoms with Crippen molar-refractivity contribution in [2.75, 3.05) is 32.1 Å². The summed E-state index contributed by atoms with van der Waals surface area (Å²) in [4.78, 5) is 14.0. The Hall–Kier alpha value is -1.59. The van der Waals surface area contributed by atoms with Crippen LogP contribution in [0, 0.1) is 0 Å². The molecule has 0 radical (unpaired) electrons. The largest absolute Gasteiger partial charge is 0.497 e. The third kappa shape index (κ3) is 7.11. The number of nitrogens with one attached hydrogen (secondary N) is 1. The second kappa shape index (κ2) is 8.00. The first-order valence-electron chi connectivity index (χ1n) is 7.22. The van der Waals surface area contributed by atoms with Crippen LogP contribution in [0.25, 0.3) is 0 Å². The van der Waals surface area contributed by atoms with E-state index in [0.717, 1.165) is 12.2 Å². The number of carbonyl (C=O) groups is 1. The van der Waals surface area contributed by atoms with Gasteiger partial charge in [0.2, 0.25) is 5.91 Å². The van der Waals surface area contributed by atoms with Gasteiger partial charge >= 0.3 is 0 Å². The highest BCUT2D eigenvalue weighted by Gasteiger charge is 2.17. The van der Waals surface area contributed by atoms with E-state index in [1.54, 1.807) is 27.0 Å². The number of hydrogen-bond acceptors (Lipinski definition) is 4. The van der Waals surface area contributed by atoms with Gasteiger partial charge < -0.3 is 20.1 Å². The van der Waals surface area contributed by atoms with Crippen molar-refractivity contribution < 1.29 is 14.6 Å². The Morgan fingerprint density at radius 3 is 2.71 bits per heavy atom. The molecule has 1 aromatic carbocycles. The number of hydrogen-bond donors (Lipinski definition) is 2. The molecule has 0 bridgehead atoms. The number of methoxy groups -OCH3 is 1. The third-order valence-electron chi connectivity index (χ3n) is 3.07. The zero-order valence-corrected chi connectivity index (χ0v) is 13.3. The van der Waals surface area contributed by atoms with E-state index in [1.165, 1.54) is 0 Å². The molecular weight excluding hydrogens is 268 g/mol. The van der Waals surface area contributed by atoms with Crippen LogP contribution in [0.2, 0.25) is 0 Å². The van der Waals surface area contributed by atoms with E-state index in [2.05, 4.69) is 10.2 Å². The molecule has 0 aliphatic heterocycles. The van der Waals surface area contributed by atoms with Crippen LogP contribution in [0.15, 0.2) is 24.3 Å². The molecule has 0 aromatic heterocycles. The highest BCUT2D eigenvalue weighted by molar-refractivity contribution is 5.90. The van der Waals surface area contributed by atoms with Crippen LogP contribution >= 0.6 is 0 Å². The summed E-state index contributed by atoms with van der Waals surface area (Å²) in [6.45, 7) is 7.53. The van der Waals surface area contributed by atoms with E-state index in [0.29, 0.717) is 25.3 Å². The van der Waals surface area contributed by atoms with Crippen molar-refractivity contribution in [2.24, 2.45) is 0 Å². The first-order valence-corrected chi connectivity index (χ1v) is 7.22. The fourth-order valence-corrected chi connectivity index (χ4v) is 2.08. The molecule has 0 fully saturated rings. The van der Waals surface area contributed by atoms with Crippen molar-refractivity contribution in [3.63, 3.8) is 0 Å². The van der Waals surface area contributed by atoms with E-state index in [-0.39, 0.29) is 5.91 Å². The molecule has 0 spiro atoms. The van der Waals surface area contributed by atoms with Crippen molar-refractivity contribution in [1.82, 2.24) is 4.90 Å². The van der Waals surface area contributed by atoms with Gasteiger partial charge in [0.1, 0.15) is 5.75 Å². The maximum Gasteiger partial charge on any atom is 0.225 e. The third-order valence-corrected chi connectivity index (χ3v) is 3.07. The van der Waals surface area contributed by atoms with Crippen LogP contribution < -0.4 is 10.1 Å². The summed E-state index contributed by atoms with van der Waals surface area (Å²) in [6.07, 6.45) is 0.390. The van der Waals surface area contributed by atoms with Gasteiger partial charge in [0.15, 0.2) is 0 Å². The molecule has 118 valence electrons. The minimum atomic E-state index is -0.751. The van der Waals surface area contributed by atoms with Crippen LogP contribution in [-0.4, -0.2) is 48.3 Å². The standard InChI is InChI=1S/C16H26N2O3/c1-5-18(12-16(2,3)20)10-9-15(19)17-13-7-6-8-14(11-13)21-4/h6-8,11,20H,5,9-10,12H2,1-4H3,(H,17,19). The Bertz CT molecular complexity index is 455. The van der Waals surface area contributed by atoms with Gasteiger partial charge in [0, 0.05) is 31.3 Å². The van der Waals surface area contributed by atoms with E-state index < -0.39 is 5.60 Å². The average Bonchev–Trinajstić information content (AvgIpc) is 2.42. The zero-order chi connectivity index (χ0) is 15.9. The minimum Gasteiger partial charge on any atom is -0.497 e. The van der Waals surface area contributed by atoms with Gasteiger partial charge in [-0.25, -0.2) is 0 Å². The Morgan fingerprint density at radius 2 is 2.14 bits per heavy atom. The first kappa shape index (κ1) is 17.5. The molecule has 1 aromatic rings. The van der Waals surface area contributed by atoms with Crippen LogP contribution in [-0.2, 0) is 4.79 Å². The Kier molecular flexibility index (Phi) is 6.65. The Morgan fingerprint density at radius 1 is 1.43 bits per heavy atom. The Balaban J connectivity index is 2.45. The normalized spacial score (nSPS) is 11.5. The summed E-state index contributed by atoms with van der Waals surface area (Å²) in [7, 11) is 1.59. The van der Waals surface area contributed by atoms with Crippen molar-refractivity contribution in [3.8, 4) is 5.75 Å². The lowest BCUT2D eigenvalue weighted by Gasteiger charge is -2.27. The van der Waals surface area contributed by atoms with E-state index in [1.807, 2.05) is 25.1 Å². The van der Waals surface area contributed by atoms with Gasteiger partial charge in [-0.1, -0.05) is 13.0 Å².